The molecule has 26 heavy (non-hydrogen) atoms. The zero-order chi connectivity index (χ0) is 18.6. The molecule has 140 valence electrons. The molecule has 0 spiro atoms. The van der Waals surface area contributed by atoms with Crippen molar-refractivity contribution in [2.45, 2.75) is 44.0 Å². The lowest BCUT2D eigenvalue weighted by molar-refractivity contribution is 0.336. The van der Waals surface area contributed by atoms with Gasteiger partial charge in [-0.3, -0.25) is 0 Å². The smallest absolute Gasteiger partial charge is 0.244 e. The molecular weight excluding hydrogens is 350 g/mol. The van der Waals surface area contributed by atoms with Crippen molar-refractivity contribution in [3.63, 3.8) is 0 Å². The molecule has 2 aromatic rings. The van der Waals surface area contributed by atoms with Crippen LogP contribution in [-0.4, -0.2) is 22.1 Å². The van der Waals surface area contributed by atoms with Crippen LogP contribution in [0.15, 0.2) is 41.3 Å². The van der Waals surface area contributed by atoms with Crippen LogP contribution >= 0.6 is 0 Å². The van der Waals surface area contributed by atoms with Crippen molar-refractivity contribution in [3.8, 4) is 11.5 Å². The molecular formula is C20H25NO4S. The monoisotopic (exact) mass is 375 g/mol. The zero-order valence-corrected chi connectivity index (χ0v) is 16.1. The van der Waals surface area contributed by atoms with Crippen LogP contribution in [0.25, 0.3) is 0 Å². The summed E-state index contributed by atoms with van der Waals surface area (Å²) in [5, 5.41) is 0. The van der Waals surface area contributed by atoms with Crippen LogP contribution in [-0.2, 0) is 29.4 Å². The van der Waals surface area contributed by atoms with Crippen LogP contribution in [0.3, 0.4) is 0 Å². The van der Waals surface area contributed by atoms with Crippen LogP contribution in [0.5, 0.6) is 11.5 Å². The average Bonchev–Trinajstić information content (AvgIpc) is 2.66. The van der Waals surface area contributed by atoms with E-state index in [2.05, 4.69) is 4.72 Å². The quantitative estimate of drug-likeness (QED) is 0.805. The van der Waals surface area contributed by atoms with Gasteiger partial charge in [0.25, 0.3) is 0 Å². The molecule has 5 nitrogen and oxygen atoms in total. The van der Waals surface area contributed by atoms with Crippen LogP contribution in [0.2, 0.25) is 0 Å². The van der Waals surface area contributed by atoms with Gasteiger partial charge in [-0.15, -0.1) is 0 Å². The summed E-state index contributed by atoms with van der Waals surface area (Å²) in [5.41, 5.74) is 3.09. The minimum atomic E-state index is -3.70. The fourth-order valence-corrected chi connectivity index (χ4v) is 4.51. The van der Waals surface area contributed by atoms with Crippen molar-refractivity contribution in [1.82, 2.24) is 4.72 Å². The number of benzene rings is 2. The first kappa shape index (κ1) is 18.7. The number of hydrogen-bond donors (Lipinski definition) is 1. The first-order valence-corrected chi connectivity index (χ1v) is 10.4. The van der Waals surface area contributed by atoms with Gasteiger partial charge in [0.05, 0.1) is 13.7 Å². The molecule has 0 heterocycles. The van der Waals surface area contributed by atoms with E-state index < -0.39 is 10.0 Å². The van der Waals surface area contributed by atoms with Gasteiger partial charge in [0, 0.05) is 12.1 Å². The number of sulfonamides is 1. The fourth-order valence-electron chi connectivity index (χ4n) is 3.31. The third-order valence-corrected chi connectivity index (χ3v) is 6.07. The summed E-state index contributed by atoms with van der Waals surface area (Å²) in [6.07, 6.45) is 4.11. The molecule has 2 aromatic carbocycles. The summed E-state index contributed by atoms with van der Waals surface area (Å²) in [5.74, 6) is 1.09. The van der Waals surface area contributed by atoms with E-state index >= 15 is 0 Å². The predicted molar refractivity (Wildman–Crippen MR) is 101 cm³/mol. The molecule has 0 bridgehead atoms. The van der Waals surface area contributed by atoms with E-state index in [0.29, 0.717) is 18.1 Å². The Morgan fingerprint density at radius 1 is 1.04 bits per heavy atom. The Labute approximate surface area is 155 Å². The minimum absolute atomic E-state index is 0.165. The Hall–Kier alpha value is -2.05. The summed E-state index contributed by atoms with van der Waals surface area (Å²) in [6.45, 7) is 2.60. The molecule has 0 atom stereocenters. The molecule has 0 saturated carbocycles. The zero-order valence-electron chi connectivity index (χ0n) is 15.2. The predicted octanol–water partition coefficient (Wildman–Crippen LogP) is 3.45. The lowest BCUT2D eigenvalue weighted by atomic mass is 9.92. The summed E-state index contributed by atoms with van der Waals surface area (Å²) in [7, 11) is -2.19. The Morgan fingerprint density at radius 2 is 1.73 bits per heavy atom. The number of rotatable bonds is 7. The second-order valence-electron chi connectivity index (χ2n) is 6.34. The van der Waals surface area contributed by atoms with E-state index in [1.165, 1.54) is 12.7 Å². The van der Waals surface area contributed by atoms with Gasteiger partial charge in [0.2, 0.25) is 10.0 Å². The van der Waals surface area contributed by atoms with Crippen molar-refractivity contribution in [3.05, 3.63) is 53.1 Å². The third kappa shape index (κ3) is 4.02. The van der Waals surface area contributed by atoms with Gasteiger partial charge in [0.15, 0.2) is 0 Å². The normalized spacial score (nSPS) is 13.9. The molecule has 0 aromatic heterocycles. The van der Waals surface area contributed by atoms with E-state index in [0.717, 1.165) is 36.8 Å². The van der Waals surface area contributed by atoms with Gasteiger partial charge in [-0.1, -0.05) is 18.2 Å². The summed E-state index contributed by atoms with van der Waals surface area (Å²) in [6, 6.07) is 11.1. The molecule has 6 heteroatoms. The van der Waals surface area contributed by atoms with Crippen molar-refractivity contribution >= 4 is 10.0 Å². The summed E-state index contributed by atoms with van der Waals surface area (Å²) in [4.78, 5) is 0.203. The highest BCUT2D eigenvalue weighted by Crippen LogP contribution is 2.32. The number of nitrogens with one attached hydrogen (secondary N) is 1. The third-order valence-electron chi connectivity index (χ3n) is 4.64. The van der Waals surface area contributed by atoms with Gasteiger partial charge < -0.3 is 9.47 Å². The molecule has 1 aliphatic carbocycles. The molecule has 0 amide bonds. The number of fused-ring (bicyclic) bond motifs is 1. The Bertz CT molecular complexity index is 877. The van der Waals surface area contributed by atoms with E-state index in [1.807, 2.05) is 37.3 Å². The lowest BCUT2D eigenvalue weighted by Gasteiger charge is -2.19. The maximum absolute atomic E-state index is 12.9. The molecule has 0 unspecified atom stereocenters. The molecule has 3 rings (SSSR count). The van der Waals surface area contributed by atoms with Crippen LogP contribution in [0, 0.1) is 0 Å². The fraction of sp³-hybridized carbons (Fsp3) is 0.400. The highest BCUT2D eigenvalue weighted by atomic mass is 32.2. The number of hydrogen-bond acceptors (Lipinski definition) is 4. The number of ether oxygens (including phenoxy) is 2. The number of methoxy groups -OCH3 is 1. The van der Waals surface area contributed by atoms with Gasteiger partial charge >= 0.3 is 0 Å². The van der Waals surface area contributed by atoms with Crippen LogP contribution in [0.1, 0.15) is 36.5 Å². The molecule has 0 aliphatic heterocycles. The number of para-hydroxylation sites is 1. The largest absolute Gasteiger partial charge is 0.495 e. The summed E-state index contributed by atoms with van der Waals surface area (Å²) >= 11 is 0. The second kappa shape index (κ2) is 8.10. The molecule has 1 aliphatic rings. The SMILES string of the molecule is CCOc1ccccc1CNS(=O)(=O)c1cc2c(cc1OC)CCCC2. The van der Waals surface area contributed by atoms with E-state index in [9.17, 15) is 8.42 Å². The molecule has 0 fully saturated rings. The van der Waals surface area contributed by atoms with E-state index in [1.54, 1.807) is 6.07 Å². The lowest BCUT2D eigenvalue weighted by Crippen LogP contribution is -2.24. The maximum Gasteiger partial charge on any atom is 0.244 e. The van der Waals surface area contributed by atoms with Crippen molar-refractivity contribution in [1.29, 1.82) is 0 Å². The standard InChI is InChI=1S/C20H25NO4S/c1-3-25-18-11-7-6-10-17(18)14-21-26(22,23)20-13-16-9-5-4-8-15(16)12-19(20)24-2/h6-7,10-13,21H,3-5,8-9,14H2,1-2H3. The van der Waals surface area contributed by atoms with E-state index in [-0.39, 0.29) is 11.4 Å². The van der Waals surface area contributed by atoms with Crippen molar-refractivity contribution in [2.24, 2.45) is 0 Å². The van der Waals surface area contributed by atoms with Crippen LogP contribution < -0.4 is 14.2 Å². The number of aryl methyl sites for hydroxylation is 2. The van der Waals surface area contributed by atoms with Gasteiger partial charge in [0.1, 0.15) is 16.4 Å². The van der Waals surface area contributed by atoms with Crippen molar-refractivity contribution < 1.29 is 17.9 Å². The first-order chi connectivity index (χ1) is 12.5. The van der Waals surface area contributed by atoms with Gasteiger partial charge in [-0.2, -0.15) is 0 Å². The highest BCUT2D eigenvalue weighted by molar-refractivity contribution is 7.89. The molecule has 0 radical (unpaired) electrons. The van der Waals surface area contributed by atoms with E-state index in [4.69, 9.17) is 9.47 Å². The highest BCUT2D eigenvalue weighted by Gasteiger charge is 2.23. The summed E-state index contributed by atoms with van der Waals surface area (Å²) < 4.78 is 39.4. The Balaban J connectivity index is 1.87. The minimum Gasteiger partial charge on any atom is -0.495 e. The molecule has 1 N–H and O–H groups in total. The molecule has 0 saturated heterocycles. The maximum atomic E-state index is 12.9. The van der Waals surface area contributed by atoms with Crippen molar-refractivity contribution in [2.75, 3.05) is 13.7 Å². The van der Waals surface area contributed by atoms with Gasteiger partial charge in [-0.25, -0.2) is 13.1 Å². The average molecular weight is 375 g/mol. The van der Waals surface area contributed by atoms with Crippen LogP contribution in [0.4, 0.5) is 0 Å². The van der Waals surface area contributed by atoms with Gasteiger partial charge in [-0.05, 0) is 61.9 Å². The first-order valence-electron chi connectivity index (χ1n) is 8.95. The Morgan fingerprint density at radius 3 is 2.42 bits per heavy atom. The topological polar surface area (TPSA) is 64.6 Å². The Kier molecular flexibility index (Phi) is 5.84. The second-order valence-corrected chi connectivity index (χ2v) is 8.08.